The molecule has 3 aromatic carbocycles. The molecule has 0 saturated heterocycles. The lowest BCUT2D eigenvalue weighted by Crippen LogP contribution is -2.01. The van der Waals surface area contributed by atoms with E-state index >= 15 is 0 Å². The summed E-state index contributed by atoms with van der Waals surface area (Å²) in [6.45, 7) is 0. The molecule has 0 saturated carbocycles. The van der Waals surface area contributed by atoms with Crippen molar-refractivity contribution in [3.63, 3.8) is 0 Å². The third kappa shape index (κ3) is 3.28. The monoisotopic (exact) mass is 342 g/mol. The van der Waals surface area contributed by atoms with Crippen LogP contribution in [0.2, 0.25) is 0 Å². The third-order valence-corrected chi connectivity index (χ3v) is 3.99. The molecule has 26 heavy (non-hydrogen) atoms. The summed E-state index contributed by atoms with van der Waals surface area (Å²) in [7, 11) is 0. The summed E-state index contributed by atoms with van der Waals surface area (Å²) < 4.78 is 15.1. The largest absolute Gasteiger partial charge is 0.207 e. The molecule has 0 fully saturated rings. The first-order valence-corrected chi connectivity index (χ1v) is 8.18. The minimum Gasteiger partial charge on any atom is -0.207 e. The fourth-order valence-corrected chi connectivity index (χ4v) is 2.77. The Morgan fingerprint density at radius 2 is 1.46 bits per heavy atom. The summed E-state index contributed by atoms with van der Waals surface area (Å²) >= 11 is 0. The van der Waals surface area contributed by atoms with Crippen molar-refractivity contribution in [2.24, 2.45) is 0 Å². The first-order chi connectivity index (χ1) is 12.8. The first kappa shape index (κ1) is 15.9. The van der Waals surface area contributed by atoms with Gasteiger partial charge in [-0.15, -0.1) is 5.10 Å². The van der Waals surface area contributed by atoms with Crippen LogP contribution < -0.4 is 0 Å². The molecule has 0 unspecified atom stereocenters. The van der Waals surface area contributed by atoms with Gasteiger partial charge in [0.1, 0.15) is 5.82 Å². The summed E-state index contributed by atoms with van der Waals surface area (Å²) in [4.78, 5) is 0. The van der Waals surface area contributed by atoms with E-state index in [0.717, 1.165) is 16.7 Å². The summed E-state index contributed by atoms with van der Waals surface area (Å²) in [5.41, 5.74) is 3.65. The zero-order valence-electron chi connectivity index (χ0n) is 13.8. The van der Waals surface area contributed by atoms with Gasteiger partial charge in [-0.05, 0) is 51.4 Å². The van der Waals surface area contributed by atoms with E-state index in [0.29, 0.717) is 11.5 Å². The maximum Gasteiger partial charge on any atom is 0.180 e. The highest BCUT2D eigenvalue weighted by Gasteiger charge is 2.11. The molecule has 4 aromatic rings. The summed E-state index contributed by atoms with van der Waals surface area (Å²) in [6.07, 6.45) is 1.91. The van der Waals surface area contributed by atoms with E-state index in [-0.39, 0.29) is 5.82 Å². The van der Waals surface area contributed by atoms with Crippen molar-refractivity contribution >= 4 is 11.6 Å². The maximum absolute atomic E-state index is 13.6. The summed E-state index contributed by atoms with van der Waals surface area (Å²) in [6, 6.07) is 26.2. The van der Waals surface area contributed by atoms with Gasteiger partial charge in [-0.1, -0.05) is 66.7 Å². The molecule has 0 spiro atoms. The molecule has 0 bridgehead atoms. The Hall–Kier alpha value is -3.60. The van der Waals surface area contributed by atoms with Crippen LogP contribution in [0.15, 0.2) is 84.9 Å². The molecule has 4 nitrogen and oxygen atoms in total. The predicted molar refractivity (Wildman–Crippen MR) is 99.0 cm³/mol. The fourth-order valence-electron chi connectivity index (χ4n) is 2.77. The van der Waals surface area contributed by atoms with Crippen molar-refractivity contribution in [2.45, 2.75) is 0 Å². The number of hydrogen-bond acceptors (Lipinski definition) is 3. The Bertz CT molecular complexity index is 998. The molecule has 0 amide bonds. The van der Waals surface area contributed by atoms with Gasteiger partial charge in [-0.2, -0.15) is 4.68 Å². The number of tetrazole rings is 1. The molecular formula is C21H15FN4. The smallest absolute Gasteiger partial charge is 0.180 e. The average molecular weight is 342 g/mol. The van der Waals surface area contributed by atoms with Crippen LogP contribution in [0.1, 0.15) is 17.0 Å². The Kier molecular flexibility index (Phi) is 4.35. The number of hydrogen-bond donors (Lipinski definition) is 0. The SMILES string of the molecule is Fc1cccc(-n2nnnc2C=C(c2ccccc2)c2ccccc2)c1. The molecule has 126 valence electrons. The van der Waals surface area contributed by atoms with Crippen molar-refractivity contribution in [2.75, 3.05) is 0 Å². The molecule has 1 heterocycles. The molecule has 0 aliphatic carbocycles. The highest BCUT2D eigenvalue weighted by molar-refractivity contribution is 5.90. The van der Waals surface area contributed by atoms with E-state index in [1.807, 2.05) is 66.7 Å². The van der Waals surface area contributed by atoms with Crippen molar-refractivity contribution < 1.29 is 4.39 Å². The number of nitrogens with zero attached hydrogens (tertiary/aromatic N) is 4. The zero-order valence-corrected chi connectivity index (χ0v) is 13.8. The zero-order chi connectivity index (χ0) is 17.8. The van der Waals surface area contributed by atoms with Crippen molar-refractivity contribution in [3.8, 4) is 5.69 Å². The number of rotatable bonds is 4. The highest BCUT2D eigenvalue weighted by atomic mass is 19.1. The average Bonchev–Trinajstić information content (AvgIpc) is 3.16. The fraction of sp³-hybridized carbons (Fsp3) is 0. The van der Waals surface area contributed by atoms with Crippen LogP contribution >= 0.6 is 0 Å². The minimum absolute atomic E-state index is 0.334. The van der Waals surface area contributed by atoms with Gasteiger partial charge in [0.2, 0.25) is 0 Å². The molecule has 4 rings (SSSR count). The molecule has 0 aliphatic rings. The van der Waals surface area contributed by atoms with Crippen molar-refractivity contribution in [1.29, 1.82) is 0 Å². The molecule has 0 atom stereocenters. The van der Waals surface area contributed by atoms with E-state index < -0.39 is 0 Å². The number of benzene rings is 3. The number of halogens is 1. The van der Waals surface area contributed by atoms with Gasteiger partial charge in [-0.3, -0.25) is 0 Å². The van der Waals surface area contributed by atoms with Crippen LogP contribution in [0, 0.1) is 5.82 Å². The van der Waals surface area contributed by atoms with Gasteiger partial charge in [0.15, 0.2) is 5.82 Å². The Morgan fingerprint density at radius 1 is 0.808 bits per heavy atom. The second-order valence-corrected chi connectivity index (χ2v) is 5.72. The molecule has 0 radical (unpaired) electrons. The lowest BCUT2D eigenvalue weighted by atomic mass is 9.97. The van der Waals surface area contributed by atoms with E-state index in [1.54, 1.807) is 12.1 Å². The van der Waals surface area contributed by atoms with Crippen LogP contribution in [0.3, 0.4) is 0 Å². The van der Waals surface area contributed by atoms with Crippen LogP contribution in [0.5, 0.6) is 0 Å². The van der Waals surface area contributed by atoms with Crippen LogP contribution in [-0.4, -0.2) is 20.2 Å². The Labute approximate surface area is 150 Å². The second-order valence-electron chi connectivity index (χ2n) is 5.72. The lowest BCUT2D eigenvalue weighted by Gasteiger charge is -2.09. The molecular weight excluding hydrogens is 327 g/mol. The second kappa shape index (κ2) is 7.11. The van der Waals surface area contributed by atoms with E-state index in [1.165, 1.54) is 16.8 Å². The van der Waals surface area contributed by atoms with Gasteiger partial charge >= 0.3 is 0 Å². The molecule has 0 aliphatic heterocycles. The van der Waals surface area contributed by atoms with Gasteiger partial charge in [0.25, 0.3) is 0 Å². The van der Waals surface area contributed by atoms with Gasteiger partial charge in [0.05, 0.1) is 5.69 Å². The Balaban J connectivity index is 1.86. The topological polar surface area (TPSA) is 43.6 Å². The number of aromatic nitrogens is 4. The summed E-state index contributed by atoms with van der Waals surface area (Å²) in [5, 5.41) is 11.9. The lowest BCUT2D eigenvalue weighted by molar-refractivity contribution is 0.624. The molecule has 5 heteroatoms. The van der Waals surface area contributed by atoms with Crippen molar-refractivity contribution in [3.05, 3.63) is 108 Å². The summed E-state index contributed by atoms with van der Waals surface area (Å²) in [5.74, 6) is 0.192. The van der Waals surface area contributed by atoms with Crippen LogP contribution in [-0.2, 0) is 0 Å². The van der Waals surface area contributed by atoms with Gasteiger partial charge < -0.3 is 0 Å². The maximum atomic E-state index is 13.6. The van der Waals surface area contributed by atoms with E-state index in [2.05, 4.69) is 15.5 Å². The normalized spacial score (nSPS) is 10.5. The van der Waals surface area contributed by atoms with E-state index in [4.69, 9.17) is 0 Å². The first-order valence-electron chi connectivity index (χ1n) is 8.18. The Morgan fingerprint density at radius 3 is 2.08 bits per heavy atom. The molecule has 1 aromatic heterocycles. The van der Waals surface area contributed by atoms with Gasteiger partial charge in [0, 0.05) is 0 Å². The quantitative estimate of drug-likeness (QED) is 0.552. The highest BCUT2D eigenvalue weighted by Crippen LogP contribution is 2.25. The third-order valence-electron chi connectivity index (χ3n) is 3.99. The standard InChI is InChI=1S/C21H15FN4/c22-18-12-7-13-19(14-18)26-21(23-24-25-26)15-20(16-8-3-1-4-9-16)17-10-5-2-6-11-17/h1-15H. The minimum atomic E-state index is -0.334. The van der Waals surface area contributed by atoms with Crippen LogP contribution in [0.4, 0.5) is 4.39 Å². The van der Waals surface area contributed by atoms with Crippen LogP contribution in [0.25, 0.3) is 17.3 Å². The van der Waals surface area contributed by atoms with Crippen molar-refractivity contribution in [1.82, 2.24) is 20.2 Å². The predicted octanol–water partition coefficient (Wildman–Crippen LogP) is 4.39. The molecule has 0 N–H and O–H groups in total. The van der Waals surface area contributed by atoms with E-state index in [9.17, 15) is 4.39 Å². The van der Waals surface area contributed by atoms with Gasteiger partial charge in [-0.25, -0.2) is 4.39 Å².